The normalized spacial score (nSPS) is 26.2. The van der Waals surface area contributed by atoms with Crippen LogP contribution in [0.15, 0.2) is 39.4 Å². The van der Waals surface area contributed by atoms with Crippen LogP contribution in [0.3, 0.4) is 0 Å². The summed E-state index contributed by atoms with van der Waals surface area (Å²) >= 11 is 8.99. The second-order valence-electron chi connectivity index (χ2n) is 2.76. The summed E-state index contributed by atoms with van der Waals surface area (Å²) in [5, 5.41) is 0.253. The number of aliphatic imine (C=N–C) groups is 1. The van der Waals surface area contributed by atoms with Gasteiger partial charge in [0.25, 0.3) is 5.91 Å². The van der Waals surface area contributed by atoms with Crippen molar-refractivity contribution in [1.29, 1.82) is 0 Å². The van der Waals surface area contributed by atoms with Crippen molar-refractivity contribution >= 4 is 38.6 Å². The third kappa shape index (κ3) is 1.54. The van der Waals surface area contributed by atoms with Crippen molar-refractivity contribution < 1.29 is 4.79 Å². The molecule has 0 bridgehead atoms. The zero-order valence-electron chi connectivity index (χ0n) is 6.50. The topological polar surface area (TPSA) is 29.4 Å². The smallest absolute Gasteiger partial charge is 0.259 e. The third-order valence-corrected chi connectivity index (χ3v) is 2.82. The first-order valence-corrected chi connectivity index (χ1v) is 4.89. The van der Waals surface area contributed by atoms with Crippen LogP contribution >= 0.6 is 27.5 Å². The predicted molar refractivity (Wildman–Crippen MR) is 56.0 cm³/mol. The van der Waals surface area contributed by atoms with E-state index >= 15 is 0 Å². The Morgan fingerprint density at radius 1 is 1.54 bits per heavy atom. The Balaban J connectivity index is 2.48. The number of fused-ring (bicyclic) bond motifs is 1. The molecule has 4 heteroatoms. The van der Waals surface area contributed by atoms with Crippen molar-refractivity contribution in [3.05, 3.63) is 34.4 Å². The number of hydrogen-bond donors (Lipinski definition) is 0. The number of allylic oxidation sites excluding steroid dienone is 4. The van der Waals surface area contributed by atoms with E-state index in [1.165, 1.54) is 0 Å². The fourth-order valence-corrected chi connectivity index (χ4v) is 2.16. The molecule has 66 valence electrons. The molecule has 1 amide bonds. The molecule has 0 radical (unpaired) electrons. The van der Waals surface area contributed by atoms with Crippen LogP contribution in [-0.2, 0) is 4.79 Å². The Kier molecular flexibility index (Phi) is 2.22. The zero-order valence-corrected chi connectivity index (χ0v) is 8.84. The van der Waals surface area contributed by atoms with E-state index in [2.05, 4.69) is 20.9 Å². The summed E-state index contributed by atoms with van der Waals surface area (Å²) in [7, 11) is 0. The van der Waals surface area contributed by atoms with E-state index in [9.17, 15) is 4.79 Å². The lowest BCUT2D eigenvalue weighted by Crippen LogP contribution is -2.20. The van der Waals surface area contributed by atoms with E-state index in [4.69, 9.17) is 11.6 Å². The maximum atomic E-state index is 11.4. The second-order valence-corrected chi connectivity index (χ2v) is 4.06. The Hall–Kier alpha value is -0.670. The van der Waals surface area contributed by atoms with E-state index < -0.39 is 0 Å². The SMILES string of the molecule is O=C1N=C(Cl)C=C2C=CC=C(Br)C12. The van der Waals surface area contributed by atoms with E-state index in [0.29, 0.717) is 0 Å². The average molecular weight is 259 g/mol. The molecule has 2 aliphatic rings. The van der Waals surface area contributed by atoms with Crippen molar-refractivity contribution in [2.45, 2.75) is 0 Å². The van der Waals surface area contributed by atoms with Crippen LogP contribution < -0.4 is 0 Å². The molecule has 1 unspecified atom stereocenters. The number of rotatable bonds is 0. The van der Waals surface area contributed by atoms with Gasteiger partial charge in [0, 0.05) is 4.48 Å². The number of carbonyl (C=O) groups excluding carboxylic acids is 1. The lowest BCUT2D eigenvalue weighted by Gasteiger charge is -2.19. The van der Waals surface area contributed by atoms with Gasteiger partial charge in [0.1, 0.15) is 5.17 Å². The van der Waals surface area contributed by atoms with Crippen molar-refractivity contribution in [2.24, 2.45) is 10.9 Å². The highest BCUT2D eigenvalue weighted by Crippen LogP contribution is 2.33. The van der Waals surface area contributed by atoms with Gasteiger partial charge in [-0.3, -0.25) is 4.79 Å². The quantitative estimate of drug-likeness (QED) is 0.656. The molecule has 0 aromatic rings. The highest BCUT2D eigenvalue weighted by Gasteiger charge is 2.28. The molecular formula is C9H5BrClNO. The molecule has 13 heavy (non-hydrogen) atoms. The van der Waals surface area contributed by atoms with Crippen LogP contribution in [0.5, 0.6) is 0 Å². The van der Waals surface area contributed by atoms with E-state index in [-0.39, 0.29) is 17.0 Å². The highest BCUT2D eigenvalue weighted by atomic mass is 79.9. The van der Waals surface area contributed by atoms with Crippen molar-refractivity contribution in [1.82, 2.24) is 0 Å². The maximum absolute atomic E-state index is 11.4. The summed E-state index contributed by atoms with van der Waals surface area (Å²) in [5.74, 6) is -0.498. The maximum Gasteiger partial charge on any atom is 0.259 e. The van der Waals surface area contributed by atoms with Crippen molar-refractivity contribution in [2.75, 3.05) is 0 Å². The molecule has 0 saturated heterocycles. The molecule has 0 aromatic heterocycles. The monoisotopic (exact) mass is 257 g/mol. The van der Waals surface area contributed by atoms with Gasteiger partial charge in [-0.25, -0.2) is 4.99 Å². The number of amides is 1. The fraction of sp³-hybridized carbons (Fsp3) is 0.111. The largest absolute Gasteiger partial charge is 0.271 e. The van der Waals surface area contributed by atoms with Gasteiger partial charge < -0.3 is 0 Å². The third-order valence-electron chi connectivity index (χ3n) is 1.90. The summed E-state index contributed by atoms with van der Waals surface area (Å²) < 4.78 is 0.833. The molecule has 1 heterocycles. The molecule has 1 aliphatic heterocycles. The second kappa shape index (κ2) is 3.24. The number of dihydropyridines is 1. The first-order valence-electron chi connectivity index (χ1n) is 3.72. The summed E-state index contributed by atoms with van der Waals surface area (Å²) in [4.78, 5) is 15.1. The Morgan fingerprint density at radius 3 is 3.08 bits per heavy atom. The molecule has 2 rings (SSSR count). The van der Waals surface area contributed by atoms with Gasteiger partial charge in [0.05, 0.1) is 5.92 Å². The van der Waals surface area contributed by atoms with Crippen molar-refractivity contribution in [3.63, 3.8) is 0 Å². The van der Waals surface area contributed by atoms with E-state index in [1.807, 2.05) is 18.2 Å². The highest BCUT2D eigenvalue weighted by molar-refractivity contribution is 9.11. The van der Waals surface area contributed by atoms with Gasteiger partial charge in [-0.2, -0.15) is 0 Å². The molecule has 1 atom stereocenters. The van der Waals surface area contributed by atoms with Gasteiger partial charge in [0.15, 0.2) is 0 Å². The Morgan fingerprint density at radius 2 is 2.31 bits per heavy atom. The Bertz CT molecular complexity index is 392. The van der Waals surface area contributed by atoms with Crippen LogP contribution in [0.2, 0.25) is 0 Å². The minimum atomic E-state index is -0.285. The van der Waals surface area contributed by atoms with Crippen LogP contribution in [0.4, 0.5) is 0 Å². The van der Waals surface area contributed by atoms with Crippen LogP contribution in [0.25, 0.3) is 0 Å². The van der Waals surface area contributed by atoms with Crippen LogP contribution in [0, 0.1) is 5.92 Å². The lowest BCUT2D eigenvalue weighted by molar-refractivity contribution is -0.119. The first kappa shape index (κ1) is 8.91. The van der Waals surface area contributed by atoms with Gasteiger partial charge >= 0.3 is 0 Å². The predicted octanol–water partition coefficient (Wildman–Crippen LogP) is 2.56. The van der Waals surface area contributed by atoms with Gasteiger partial charge in [-0.15, -0.1) is 0 Å². The summed E-state index contributed by atoms with van der Waals surface area (Å²) in [6, 6.07) is 0. The summed E-state index contributed by atoms with van der Waals surface area (Å²) in [5.41, 5.74) is 0.888. The molecular weight excluding hydrogens is 253 g/mol. The van der Waals surface area contributed by atoms with Gasteiger partial charge in [0.2, 0.25) is 0 Å². The molecule has 2 nitrogen and oxygen atoms in total. The minimum absolute atomic E-state index is 0.213. The summed E-state index contributed by atoms with van der Waals surface area (Å²) in [6.07, 6.45) is 7.28. The molecule has 0 saturated carbocycles. The number of halogens is 2. The van der Waals surface area contributed by atoms with Gasteiger partial charge in [-0.05, 0) is 11.6 Å². The first-order chi connectivity index (χ1) is 6.18. The zero-order chi connectivity index (χ0) is 9.42. The van der Waals surface area contributed by atoms with Gasteiger partial charge in [-0.1, -0.05) is 45.8 Å². The average Bonchev–Trinajstić information content (AvgIpc) is 2.02. The summed E-state index contributed by atoms with van der Waals surface area (Å²) in [6.45, 7) is 0. The molecule has 0 aromatic carbocycles. The molecule has 0 spiro atoms. The fourth-order valence-electron chi connectivity index (χ4n) is 1.33. The van der Waals surface area contributed by atoms with E-state index in [1.54, 1.807) is 6.08 Å². The minimum Gasteiger partial charge on any atom is -0.271 e. The number of carbonyl (C=O) groups is 1. The standard InChI is InChI=1S/C9H5BrClNO/c10-6-3-1-2-5-4-7(11)12-9(13)8(5)6/h1-4,8H. The Labute approximate surface area is 88.8 Å². The molecule has 0 N–H and O–H groups in total. The van der Waals surface area contributed by atoms with Crippen molar-refractivity contribution in [3.8, 4) is 0 Å². The molecule has 1 aliphatic carbocycles. The van der Waals surface area contributed by atoms with Crippen LogP contribution in [0.1, 0.15) is 0 Å². The number of nitrogens with zero attached hydrogens (tertiary/aromatic N) is 1. The van der Waals surface area contributed by atoms with E-state index in [0.717, 1.165) is 10.1 Å². The number of hydrogen-bond acceptors (Lipinski definition) is 1. The molecule has 0 fully saturated rings. The van der Waals surface area contributed by atoms with Crippen LogP contribution in [-0.4, -0.2) is 11.1 Å². The lowest BCUT2D eigenvalue weighted by atomic mass is 9.92.